The molecule has 1 unspecified atom stereocenters. The van der Waals surface area contributed by atoms with Crippen molar-refractivity contribution in [2.24, 2.45) is 11.8 Å². The molecule has 2 saturated heterocycles. The van der Waals surface area contributed by atoms with Crippen LogP contribution in [-0.4, -0.2) is 50.8 Å². The Hall–Kier alpha value is -1.05. The van der Waals surface area contributed by atoms with Crippen molar-refractivity contribution in [2.75, 3.05) is 33.2 Å². The van der Waals surface area contributed by atoms with E-state index in [0.717, 1.165) is 44.5 Å². The molecular weight excluding hydrogens is 322 g/mol. The molecule has 0 bridgehead atoms. The van der Waals surface area contributed by atoms with Crippen molar-refractivity contribution >= 4 is 10.0 Å². The van der Waals surface area contributed by atoms with Gasteiger partial charge >= 0.3 is 0 Å². The lowest BCUT2D eigenvalue weighted by Crippen LogP contribution is -2.35. The molecular formula is C16H22F2N2O2S. The van der Waals surface area contributed by atoms with Crippen LogP contribution in [0.4, 0.5) is 8.78 Å². The van der Waals surface area contributed by atoms with E-state index >= 15 is 0 Å². The van der Waals surface area contributed by atoms with Crippen molar-refractivity contribution < 1.29 is 17.2 Å². The Balaban J connectivity index is 1.72. The molecule has 1 aromatic rings. The van der Waals surface area contributed by atoms with Crippen LogP contribution in [0, 0.1) is 23.5 Å². The molecule has 2 aliphatic rings. The fraction of sp³-hybridized carbons (Fsp3) is 0.625. The summed E-state index contributed by atoms with van der Waals surface area (Å²) in [7, 11) is -1.73. The molecule has 0 saturated carbocycles. The minimum absolute atomic E-state index is 0.293. The van der Waals surface area contributed by atoms with Crippen molar-refractivity contribution in [3.8, 4) is 0 Å². The smallest absolute Gasteiger partial charge is 0.243 e. The van der Waals surface area contributed by atoms with Crippen molar-refractivity contribution in [1.82, 2.24) is 9.21 Å². The number of benzene rings is 1. The van der Waals surface area contributed by atoms with E-state index in [1.807, 2.05) is 0 Å². The summed E-state index contributed by atoms with van der Waals surface area (Å²) in [4.78, 5) is 1.99. The molecule has 1 aromatic carbocycles. The summed E-state index contributed by atoms with van der Waals surface area (Å²) in [5, 5.41) is 0. The van der Waals surface area contributed by atoms with Gasteiger partial charge in [-0.05, 0) is 63.4 Å². The topological polar surface area (TPSA) is 40.6 Å². The Bertz CT molecular complexity index is 652. The fourth-order valence-corrected chi connectivity index (χ4v) is 5.24. The average molecular weight is 344 g/mol. The maximum Gasteiger partial charge on any atom is 0.243 e. The van der Waals surface area contributed by atoms with Gasteiger partial charge in [0.1, 0.15) is 11.6 Å². The molecule has 23 heavy (non-hydrogen) atoms. The van der Waals surface area contributed by atoms with Gasteiger partial charge in [-0.1, -0.05) is 0 Å². The van der Waals surface area contributed by atoms with E-state index in [1.54, 1.807) is 0 Å². The van der Waals surface area contributed by atoms with Gasteiger partial charge in [0.2, 0.25) is 10.0 Å². The normalized spacial score (nSPS) is 25.1. The summed E-state index contributed by atoms with van der Waals surface area (Å²) in [5.74, 6) is -0.850. The molecule has 0 radical (unpaired) electrons. The van der Waals surface area contributed by atoms with E-state index in [9.17, 15) is 17.2 Å². The first-order valence-corrected chi connectivity index (χ1v) is 9.45. The Morgan fingerprint density at radius 3 is 2.13 bits per heavy atom. The van der Waals surface area contributed by atoms with Crippen LogP contribution in [0.25, 0.3) is 0 Å². The Labute approximate surface area is 136 Å². The van der Waals surface area contributed by atoms with Crippen LogP contribution in [0.15, 0.2) is 23.1 Å². The van der Waals surface area contributed by atoms with Gasteiger partial charge in [-0.15, -0.1) is 0 Å². The van der Waals surface area contributed by atoms with Crippen molar-refractivity contribution in [3.05, 3.63) is 29.8 Å². The Morgan fingerprint density at radius 2 is 1.52 bits per heavy atom. The van der Waals surface area contributed by atoms with Crippen LogP contribution in [0.2, 0.25) is 0 Å². The lowest BCUT2D eigenvalue weighted by Gasteiger charge is -2.32. The summed E-state index contributed by atoms with van der Waals surface area (Å²) in [5.41, 5.74) is 0. The lowest BCUT2D eigenvalue weighted by atomic mass is 9.84. The van der Waals surface area contributed by atoms with Crippen LogP contribution >= 0.6 is 0 Å². The molecule has 2 aliphatic heterocycles. The van der Waals surface area contributed by atoms with Gasteiger partial charge in [-0.25, -0.2) is 17.2 Å². The molecule has 0 amide bonds. The summed E-state index contributed by atoms with van der Waals surface area (Å²) in [6.07, 6.45) is 3.00. The Kier molecular flexibility index (Phi) is 4.71. The average Bonchev–Trinajstić information content (AvgIpc) is 2.97. The number of likely N-dealkylation sites (tertiary alicyclic amines) is 1. The molecule has 128 valence electrons. The maximum absolute atomic E-state index is 13.3. The molecule has 2 fully saturated rings. The number of hydrogen-bond donors (Lipinski definition) is 0. The van der Waals surface area contributed by atoms with Crippen LogP contribution < -0.4 is 0 Å². The second kappa shape index (κ2) is 6.45. The zero-order valence-corrected chi connectivity index (χ0v) is 14.0. The lowest BCUT2D eigenvalue weighted by molar-refractivity contribution is 0.175. The van der Waals surface area contributed by atoms with Gasteiger partial charge in [0.25, 0.3) is 0 Å². The summed E-state index contributed by atoms with van der Waals surface area (Å²) in [6.45, 7) is 2.97. The maximum atomic E-state index is 13.3. The molecule has 3 rings (SSSR count). The first kappa shape index (κ1) is 16.8. The highest BCUT2D eigenvalue weighted by molar-refractivity contribution is 7.89. The zero-order valence-electron chi connectivity index (χ0n) is 13.2. The van der Waals surface area contributed by atoms with Crippen LogP contribution in [0.1, 0.15) is 19.3 Å². The van der Waals surface area contributed by atoms with E-state index in [2.05, 4.69) is 11.9 Å². The number of hydrogen-bond acceptors (Lipinski definition) is 3. The van der Waals surface area contributed by atoms with Crippen molar-refractivity contribution in [1.29, 1.82) is 0 Å². The standard InChI is InChI=1S/C16H22F2N2O2S/c1-19-5-2-12(3-6-19)13-4-7-20(11-13)23(21,22)16-9-14(17)8-15(18)10-16/h8-10,12-13H,2-7,11H2,1H3. The molecule has 0 spiro atoms. The van der Waals surface area contributed by atoms with Crippen LogP contribution in [0.5, 0.6) is 0 Å². The van der Waals surface area contributed by atoms with E-state index < -0.39 is 21.7 Å². The van der Waals surface area contributed by atoms with Crippen molar-refractivity contribution in [2.45, 2.75) is 24.2 Å². The van der Waals surface area contributed by atoms with E-state index in [0.29, 0.717) is 31.0 Å². The summed E-state index contributed by atoms with van der Waals surface area (Å²) in [6, 6.07) is 2.47. The second-order valence-electron chi connectivity index (χ2n) is 6.66. The van der Waals surface area contributed by atoms with E-state index in [-0.39, 0.29) is 4.90 Å². The largest absolute Gasteiger partial charge is 0.306 e. The predicted octanol–water partition coefficient (Wildman–Crippen LogP) is 2.32. The molecule has 0 aliphatic carbocycles. The van der Waals surface area contributed by atoms with Gasteiger partial charge in [0, 0.05) is 19.2 Å². The van der Waals surface area contributed by atoms with Crippen molar-refractivity contribution in [3.63, 3.8) is 0 Å². The molecule has 7 heteroatoms. The van der Waals surface area contributed by atoms with Gasteiger partial charge in [-0.2, -0.15) is 4.31 Å². The first-order valence-electron chi connectivity index (χ1n) is 8.01. The van der Waals surface area contributed by atoms with Crippen LogP contribution in [0.3, 0.4) is 0 Å². The van der Waals surface area contributed by atoms with Gasteiger partial charge in [0.05, 0.1) is 4.90 Å². The molecule has 4 nitrogen and oxygen atoms in total. The third-order valence-electron chi connectivity index (χ3n) is 5.09. The van der Waals surface area contributed by atoms with Crippen LogP contribution in [-0.2, 0) is 10.0 Å². The summed E-state index contributed by atoms with van der Waals surface area (Å²) >= 11 is 0. The van der Waals surface area contributed by atoms with E-state index in [1.165, 1.54) is 4.31 Å². The second-order valence-corrected chi connectivity index (χ2v) is 8.60. The minimum Gasteiger partial charge on any atom is -0.306 e. The fourth-order valence-electron chi connectivity index (χ4n) is 3.68. The number of nitrogens with zero attached hydrogens (tertiary/aromatic N) is 2. The number of halogens is 2. The highest BCUT2D eigenvalue weighted by atomic mass is 32.2. The number of sulfonamides is 1. The molecule has 1 atom stereocenters. The van der Waals surface area contributed by atoms with Gasteiger partial charge < -0.3 is 4.90 Å². The zero-order chi connectivity index (χ0) is 16.6. The quantitative estimate of drug-likeness (QED) is 0.845. The van der Waals surface area contributed by atoms with Gasteiger partial charge in [0.15, 0.2) is 0 Å². The number of piperidine rings is 1. The van der Waals surface area contributed by atoms with Gasteiger partial charge in [-0.3, -0.25) is 0 Å². The SMILES string of the molecule is CN1CCC(C2CCN(S(=O)(=O)c3cc(F)cc(F)c3)C2)CC1. The monoisotopic (exact) mass is 344 g/mol. The highest BCUT2D eigenvalue weighted by Gasteiger charge is 2.37. The molecule has 2 heterocycles. The number of rotatable bonds is 3. The third-order valence-corrected chi connectivity index (χ3v) is 6.93. The van der Waals surface area contributed by atoms with E-state index in [4.69, 9.17) is 0 Å². The first-order chi connectivity index (χ1) is 10.9. The molecule has 0 N–H and O–H groups in total. The predicted molar refractivity (Wildman–Crippen MR) is 83.4 cm³/mol. The highest BCUT2D eigenvalue weighted by Crippen LogP contribution is 2.34. The summed E-state index contributed by atoms with van der Waals surface area (Å²) < 4.78 is 53.2. The third kappa shape index (κ3) is 3.56. The minimum atomic E-state index is -3.82. The Morgan fingerprint density at radius 1 is 0.957 bits per heavy atom. The molecule has 0 aromatic heterocycles.